The van der Waals surface area contributed by atoms with Gasteiger partial charge in [-0.3, -0.25) is 54.4 Å². The van der Waals surface area contributed by atoms with Crippen LogP contribution in [0.3, 0.4) is 0 Å². The molecular weight excluding hydrogens is 708 g/mol. The highest BCUT2D eigenvalue weighted by molar-refractivity contribution is 5.84. The van der Waals surface area contributed by atoms with Crippen molar-refractivity contribution in [2.75, 3.05) is 92.0 Å². The molecule has 0 fully saturated rings. The van der Waals surface area contributed by atoms with E-state index in [4.69, 9.17) is 19.9 Å². The van der Waals surface area contributed by atoms with Gasteiger partial charge in [0.05, 0.1) is 59.3 Å². The lowest BCUT2D eigenvalue weighted by Crippen LogP contribution is -2.34. The van der Waals surface area contributed by atoms with Crippen molar-refractivity contribution in [3.63, 3.8) is 0 Å². The fourth-order valence-electron chi connectivity index (χ4n) is 3.98. The highest BCUT2D eigenvalue weighted by atomic mass is 16.5. The first-order valence-electron chi connectivity index (χ1n) is 17.5. The van der Waals surface area contributed by atoms with Gasteiger partial charge in [0.25, 0.3) is 0 Å². The van der Waals surface area contributed by atoms with Crippen LogP contribution in [0.2, 0.25) is 0 Å². The molecule has 22 nitrogen and oxygen atoms in total. The monoisotopic (exact) mass is 766 g/mol. The van der Waals surface area contributed by atoms with Gasteiger partial charge in [0.1, 0.15) is 0 Å². The highest BCUT2D eigenvalue weighted by Crippen LogP contribution is 2.01. The molecule has 9 N–H and O–H groups in total. The molecule has 22 heteroatoms. The number of rotatable bonds is 32. The smallest absolute Gasteiger partial charge is 0.246 e. The largest absolute Gasteiger partial charge is 0.378 e. The summed E-state index contributed by atoms with van der Waals surface area (Å²) < 4.78 is 15.7. The summed E-state index contributed by atoms with van der Waals surface area (Å²) in [6, 6.07) is 0. The predicted molar refractivity (Wildman–Crippen MR) is 182 cm³/mol. The number of amides is 7. The van der Waals surface area contributed by atoms with E-state index < -0.39 is 41.4 Å². The maximum atomic E-state index is 12.1. The highest BCUT2D eigenvalue weighted by Gasteiger charge is 2.16. The minimum atomic E-state index is -0.702. The lowest BCUT2D eigenvalue weighted by molar-refractivity contribution is -0.168. The average Bonchev–Trinajstić information content (AvgIpc) is 3.13. The molecule has 0 bridgehead atoms. The fourth-order valence-corrected chi connectivity index (χ4v) is 3.98. The summed E-state index contributed by atoms with van der Waals surface area (Å²) in [4.78, 5) is 82.4. The van der Waals surface area contributed by atoms with E-state index in [1.54, 1.807) is 0 Å². The minimum Gasteiger partial charge on any atom is -0.378 e. The number of nitrogens with two attached hydrogens (primary N) is 1. The molecule has 0 unspecified atom stereocenters. The van der Waals surface area contributed by atoms with Crippen molar-refractivity contribution in [1.29, 1.82) is 0 Å². The summed E-state index contributed by atoms with van der Waals surface area (Å²) in [6.45, 7) is 2.19. The van der Waals surface area contributed by atoms with E-state index in [1.165, 1.54) is 6.92 Å². The number of hydrogen-bond donors (Lipinski definition) is 8. The molecule has 306 valence electrons. The molecule has 0 aromatic rings. The van der Waals surface area contributed by atoms with Gasteiger partial charge in [-0.25, -0.2) is 20.3 Å². The maximum absolute atomic E-state index is 12.1. The first-order valence-corrected chi connectivity index (χ1v) is 17.5. The van der Waals surface area contributed by atoms with Gasteiger partial charge < -0.3 is 35.9 Å². The zero-order chi connectivity index (χ0) is 39.9. The summed E-state index contributed by atoms with van der Waals surface area (Å²) in [5, 5.41) is 48.1. The number of unbranched alkanes of at least 4 members (excludes halogenated alkanes) is 2. The predicted octanol–water partition coefficient (Wildman–Crippen LogP) is -2.25. The van der Waals surface area contributed by atoms with Crippen LogP contribution in [-0.4, -0.2) is 174 Å². The molecule has 0 spiro atoms. The minimum absolute atomic E-state index is 0.0130. The first kappa shape index (κ1) is 49.0. The molecule has 0 aromatic carbocycles. The Morgan fingerprint density at radius 2 is 0.811 bits per heavy atom. The zero-order valence-corrected chi connectivity index (χ0v) is 30.5. The quantitative estimate of drug-likeness (QED) is 0.0204. The lowest BCUT2D eigenvalue weighted by atomic mass is 10.2. The van der Waals surface area contributed by atoms with Crippen molar-refractivity contribution in [1.82, 2.24) is 36.2 Å². The maximum Gasteiger partial charge on any atom is 0.246 e. The SMILES string of the molecule is CC(=O)N(O)CCOCCNC(=O)CCC(=O)N(O)CCOCCNC(=O)CCC(=O)N(O)CCOCCNC(=O)CCC(=O)N(O)CCCCCN. The zero-order valence-electron chi connectivity index (χ0n) is 30.5. The van der Waals surface area contributed by atoms with Crippen molar-refractivity contribution in [3.8, 4) is 0 Å². The van der Waals surface area contributed by atoms with E-state index in [2.05, 4.69) is 16.0 Å². The Morgan fingerprint density at radius 1 is 0.472 bits per heavy atom. The number of nitrogens with one attached hydrogen (secondary N) is 3. The summed E-state index contributed by atoms with van der Waals surface area (Å²) in [6.07, 6.45) is 1.06. The van der Waals surface area contributed by atoms with Crippen LogP contribution in [-0.2, 0) is 47.8 Å². The van der Waals surface area contributed by atoms with Crippen LogP contribution in [0.5, 0.6) is 0 Å². The molecule has 0 rings (SSSR count). The molecule has 0 atom stereocenters. The average molecular weight is 767 g/mol. The van der Waals surface area contributed by atoms with E-state index in [-0.39, 0.29) is 124 Å². The van der Waals surface area contributed by atoms with Gasteiger partial charge in [-0.05, 0) is 19.4 Å². The van der Waals surface area contributed by atoms with Gasteiger partial charge in [0.15, 0.2) is 0 Å². The van der Waals surface area contributed by atoms with E-state index in [0.29, 0.717) is 33.2 Å². The van der Waals surface area contributed by atoms with Crippen LogP contribution in [0.25, 0.3) is 0 Å². The van der Waals surface area contributed by atoms with Gasteiger partial charge in [-0.2, -0.15) is 0 Å². The third kappa shape index (κ3) is 28.2. The second-order valence-electron chi connectivity index (χ2n) is 11.4. The summed E-state index contributed by atoms with van der Waals surface area (Å²) in [5.74, 6) is -3.77. The number of ether oxygens (including phenoxy) is 3. The Kier molecular flexibility index (Phi) is 29.1. The van der Waals surface area contributed by atoms with Gasteiger partial charge in [0, 0.05) is 71.6 Å². The second-order valence-corrected chi connectivity index (χ2v) is 11.4. The third-order valence-electron chi connectivity index (χ3n) is 7.05. The van der Waals surface area contributed by atoms with Crippen LogP contribution in [0.15, 0.2) is 0 Å². The van der Waals surface area contributed by atoms with Crippen molar-refractivity contribution in [3.05, 3.63) is 0 Å². The molecule has 0 aromatic heterocycles. The Hall–Kier alpha value is -4.03. The molecule has 53 heavy (non-hydrogen) atoms. The molecule has 0 saturated heterocycles. The van der Waals surface area contributed by atoms with Gasteiger partial charge in [-0.15, -0.1) is 0 Å². The normalized spacial score (nSPS) is 10.7. The van der Waals surface area contributed by atoms with Crippen molar-refractivity contribution in [2.45, 2.75) is 64.7 Å². The molecule has 0 heterocycles. The number of nitrogens with zero attached hydrogens (tertiary/aromatic N) is 4. The summed E-state index contributed by atoms with van der Waals surface area (Å²) >= 11 is 0. The molecule has 0 saturated carbocycles. The van der Waals surface area contributed by atoms with Crippen LogP contribution in [0, 0.1) is 0 Å². The standard InChI is InChI=1S/C31H58N8O14/c1-25(40)36(47)16-22-51-19-12-33-27(42)6-9-30(45)38(49)18-24-53-21-14-35-28(43)7-10-31(46)39(50)17-23-52-20-13-34-26(41)5-8-29(44)37(48)15-4-2-3-11-32/h47-50H,2-24,32H2,1H3,(H,33,42)(H,34,41)(H,35,43). The van der Waals surface area contributed by atoms with Gasteiger partial charge in [0.2, 0.25) is 41.4 Å². The molecule has 0 aliphatic rings. The number of carbonyl (C=O) groups is 7. The summed E-state index contributed by atoms with van der Waals surface area (Å²) in [5.41, 5.74) is 5.39. The molecule has 0 aliphatic heterocycles. The van der Waals surface area contributed by atoms with Crippen molar-refractivity contribution >= 4 is 41.4 Å². The number of carbonyl (C=O) groups excluding carboxylic acids is 7. The fraction of sp³-hybridized carbons (Fsp3) is 0.774. The van der Waals surface area contributed by atoms with E-state index >= 15 is 0 Å². The molecule has 0 aliphatic carbocycles. The van der Waals surface area contributed by atoms with E-state index in [0.717, 1.165) is 12.8 Å². The van der Waals surface area contributed by atoms with Crippen molar-refractivity contribution < 1.29 is 68.6 Å². The number of hydrogen-bond acceptors (Lipinski definition) is 15. The number of hydroxylamine groups is 8. The van der Waals surface area contributed by atoms with Crippen LogP contribution in [0.1, 0.15) is 64.7 Å². The second kappa shape index (κ2) is 31.5. The Bertz CT molecular complexity index is 1100. The van der Waals surface area contributed by atoms with E-state index in [9.17, 15) is 54.4 Å². The Balaban J connectivity index is 3.81. The van der Waals surface area contributed by atoms with Crippen LogP contribution < -0.4 is 21.7 Å². The van der Waals surface area contributed by atoms with Gasteiger partial charge in [-0.1, -0.05) is 6.42 Å². The van der Waals surface area contributed by atoms with E-state index in [1.807, 2.05) is 0 Å². The first-order chi connectivity index (χ1) is 25.3. The Labute approximate surface area is 308 Å². The molecule has 0 radical (unpaired) electrons. The van der Waals surface area contributed by atoms with Crippen LogP contribution >= 0.6 is 0 Å². The van der Waals surface area contributed by atoms with Crippen LogP contribution in [0.4, 0.5) is 0 Å². The Morgan fingerprint density at radius 3 is 1.15 bits per heavy atom. The molecule has 7 amide bonds. The topological polar surface area (TPSA) is 303 Å². The summed E-state index contributed by atoms with van der Waals surface area (Å²) in [7, 11) is 0. The van der Waals surface area contributed by atoms with Gasteiger partial charge >= 0.3 is 0 Å². The lowest BCUT2D eigenvalue weighted by Gasteiger charge is -2.16. The molecular formula is C31H58N8O14. The van der Waals surface area contributed by atoms with Crippen molar-refractivity contribution in [2.24, 2.45) is 5.73 Å². The third-order valence-corrected chi connectivity index (χ3v) is 7.05.